The van der Waals surface area contributed by atoms with E-state index in [0.717, 1.165) is 0 Å². The molecule has 2 heterocycles. The Labute approximate surface area is 129 Å². The highest BCUT2D eigenvalue weighted by Gasteiger charge is 2.33. The Morgan fingerprint density at radius 2 is 1.81 bits per heavy atom. The average Bonchev–Trinajstić information content (AvgIpc) is 2.95. The van der Waals surface area contributed by atoms with Crippen LogP contribution in [0.5, 0.6) is 0 Å². The van der Waals surface area contributed by atoms with Crippen LogP contribution in [0.1, 0.15) is 20.8 Å². The molecule has 2 aliphatic heterocycles. The normalized spacial score (nSPS) is 18.8. The maximum absolute atomic E-state index is 11.5. The lowest BCUT2D eigenvalue weighted by Crippen LogP contribution is -2.26. The van der Waals surface area contributed by atoms with Gasteiger partial charge in [-0.2, -0.15) is 0 Å². The number of rotatable bonds is 4. The molecule has 0 aromatic rings. The van der Waals surface area contributed by atoms with Crippen LogP contribution in [0.15, 0.2) is 9.81 Å². The van der Waals surface area contributed by atoms with Gasteiger partial charge in [-0.15, -0.1) is 23.5 Å². The number of hydrogen-bond donors (Lipinski definition) is 1. The van der Waals surface area contributed by atoms with Crippen LogP contribution in [0, 0.1) is 0 Å². The molecule has 1 unspecified atom stereocenters. The van der Waals surface area contributed by atoms with Crippen molar-refractivity contribution in [3.63, 3.8) is 0 Å². The van der Waals surface area contributed by atoms with Gasteiger partial charge < -0.3 is 14.6 Å². The molecule has 116 valence electrons. The van der Waals surface area contributed by atoms with Crippen LogP contribution in [0.4, 0.5) is 0 Å². The summed E-state index contributed by atoms with van der Waals surface area (Å²) in [4.78, 5) is 43.1. The van der Waals surface area contributed by atoms with E-state index in [1.165, 1.54) is 23.5 Å². The minimum atomic E-state index is -1.64. The van der Waals surface area contributed by atoms with Crippen LogP contribution in [0.2, 0.25) is 0 Å². The van der Waals surface area contributed by atoms with E-state index in [1.54, 1.807) is 20.8 Å². The predicted molar refractivity (Wildman–Crippen MR) is 76.5 cm³/mol. The number of esters is 1. The van der Waals surface area contributed by atoms with Gasteiger partial charge in [0, 0.05) is 5.08 Å². The molecule has 21 heavy (non-hydrogen) atoms. The zero-order valence-corrected chi connectivity index (χ0v) is 13.2. The molecule has 0 aromatic carbocycles. The first-order valence-corrected chi connectivity index (χ1v) is 7.90. The summed E-state index contributed by atoms with van der Waals surface area (Å²) in [5.41, 5.74) is -0.359. The van der Waals surface area contributed by atoms with E-state index in [0.29, 0.717) is 9.32 Å². The van der Waals surface area contributed by atoms with E-state index in [2.05, 4.69) is 4.74 Å². The fourth-order valence-corrected chi connectivity index (χ4v) is 2.63. The van der Waals surface area contributed by atoms with Crippen LogP contribution < -0.4 is 0 Å². The van der Waals surface area contributed by atoms with Gasteiger partial charge in [-0.1, -0.05) is 0 Å². The van der Waals surface area contributed by atoms with Crippen molar-refractivity contribution >= 4 is 47.2 Å². The fraction of sp³-hybridized carbons (Fsp3) is 0.500. The van der Waals surface area contributed by atoms with Crippen molar-refractivity contribution in [3.05, 3.63) is 9.81 Å². The molecule has 0 aliphatic carbocycles. The Morgan fingerprint density at radius 3 is 2.05 bits per heavy atom. The smallest absolute Gasteiger partial charge is 0.377 e. The number of epoxide rings is 1. The molecule has 1 atom stereocenters. The number of carboxylic acid groups (broad SMARTS) is 1. The second-order valence-electron chi connectivity index (χ2n) is 4.24. The molecule has 0 radical (unpaired) electrons. The highest BCUT2D eigenvalue weighted by Crippen LogP contribution is 2.45. The lowest BCUT2D eigenvalue weighted by Gasteiger charge is -2.18. The highest BCUT2D eigenvalue weighted by atomic mass is 32.3. The first-order valence-electron chi connectivity index (χ1n) is 5.93. The molecule has 0 amide bonds. The van der Waals surface area contributed by atoms with Gasteiger partial charge >= 0.3 is 17.9 Å². The zero-order valence-electron chi connectivity index (χ0n) is 11.6. The first kappa shape index (κ1) is 17.6. The molecule has 0 spiro atoms. The van der Waals surface area contributed by atoms with Gasteiger partial charge in [-0.25, -0.2) is 14.4 Å². The van der Waals surface area contributed by atoms with Gasteiger partial charge in [0.05, 0.1) is 10.3 Å². The number of ketones is 1. The van der Waals surface area contributed by atoms with E-state index in [4.69, 9.17) is 9.84 Å². The number of cyclic esters (lactones) is 1. The number of carbonyl (C=O) groups is 4. The maximum atomic E-state index is 11.5. The summed E-state index contributed by atoms with van der Waals surface area (Å²) in [7, 11) is 0. The molecule has 2 aliphatic rings. The largest absolute Gasteiger partial charge is 0.475 e. The fourth-order valence-electron chi connectivity index (χ4n) is 1.05. The molecule has 2 rings (SSSR count). The monoisotopic (exact) mass is 334 g/mol. The molecule has 2 fully saturated rings. The molecule has 9 heteroatoms. The van der Waals surface area contributed by atoms with Crippen molar-refractivity contribution in [2.75, 3.05) is 5.08 Å². The van der Waals surface area contributed by atoms with E-state index in [9.17, 15) is 19.2 Å². The van der Waals surface area contributed by atoms with Crippen molar-refractivity contribution in [2.45, 2.75) is 33.0 Å². The Hall–Kier alpha value is -1.48. The van der Waals surface area contributed by atoms with Gasteiger partial charge in [-0.05, 0) is 20.8 Å². The SMILES string of the molecule is CC(C)OC(=O)C(C(=O)C(=O)O)=C1SCS1.CC1OC1=O. The maximum Gasteiger partial charge on any atom is 0.377 e. The number of Topliss-reactive ketones (excluding diaryl/α,β-unsaturated/α-hetero) is 1. The second-order valence-corrected chi connectivity index (χ2v) is 6.83. The lowest BCUT2D eigenvalue weighted by molar-refractivity contribution is -0.151. The number of carboxylic acids is 1. The summed E-state index contributed by atoms with van der Waals surface area (Å²) in [6.07, 6.45) is -0.477. The highest BCUT2D eigenvalue weighted by molar-refractivity contribution is 8.37. The third-order valence-electron chi connectivity index (χ3n) is 2.12. The first-order chi connectivity index (χ1) is 9.73. The minimum Gasteiger partial charge on any atom is -0.475 e. The third kappa shape index (κ3) is 5.43. The second kappa shape index (κ2) is 7.51. The molecular formula is C12H14O7S2. The van der Waals surface area contributed by atoms with Crippen LogP contribution in [0.25, 0.3) is 0 Å². The van der Waals surface area contributed by atoms with Crippen molar-refractivity contribution in [2.24, 2.45) is 0 Å². The zero-order chi connectivity index (χ0) is 16.2. The topological polar surface area (TPSA) is 110 Å². The third-order valence-corrected chi connectivity index (χ3v) is 4.70. The van der Waals surface area contributed by atoms with E-state index >= 15 is 0 Å². The lowest BCUT2D eigenvalue weighted by atomic mass is 10.2. The quantitative estimate of drug-likeness (QED) is 0.202. The predicted octanol–water partition coefficient (Wildman–Crippen LogP) is 1.17. The van der Waals surface area contributed by atoms with Crippen molar-refractivity contribution in [3.8, 4) is 0 Å². The standard InChI is InChI=1S/C9H10O5S2.C3H4O2/c1-4(2)14-8(13)5(6(10)7(11)12)9-15-3-16-9;1-2-3(4)5-2/h4H,3H2,1-2H3,(H,11,12);2H,1H3. The molecule has 0 bridgehead atoms. The molecule has 0 aromatic heterocycles. The molecule has 1 N–H and O–H groups in total. The summed E-state index contributed by atoms with van der Waals surface area (Å²) in [5, 5.41) is 9.30. The van der Waals surface area contributed by atoms with Crippen LogP contribution >= 0.6 is 23.5 Å². The van der Waals surface area contributed by atoms with E-state index in [1.807, 2.05) is 0 Å². The Balaban J connectivity index is 0.000000369. The van der Waals surface area contributed by atoms with Gasteiger partial charge in [0.1, 0.15) is 5.57 Å². The van der Waals surface area contributed by atoms with Crippen molar-refractivity contribution in [1.82, 2.24) is 0 Å². The summed E-state index contributed by atoms with van der Waals surface area (Å²) in [6.45, 7) is 4.99. The Kier molecular flexibility index (Phi) is 6.28. The average molecular weight is 334 g/mol. The number of hydrogen-bond acceptors (Lipinski definition) is 8. The number of carbonyl (C=O) groups excluding carboxylic acids is 3. The van der Waals surface area contributed by atoms with Gasteiger partial charge in [0.15, 0.2) is 6.10 Å². The summed E-state index contributed by atoms with van der Waals surface area (Å²) >= 11 is 2.54. The van der Waals surface area contributed by atoms with Gasteiger partial charge in [0.25, 0.3) is 5.78 Å². The van der Waals surface area contributed by atoms with Crippen molar-refractivity contribution < 1.29 is 33.8 Å². The van der Waals surface area contributed by atoms with Crippen molar-refractivity contribution in [1.29, 1.82) is 0 Å². The Bertz CT molecular complexity index is 504. The number of thioether (sulfide) groups is 2. The van der Waals surface area contributed by atoms with E-state index < -0.39 is 17.7 Å². The Morgan fingerprint density at radius 1 is 1.33 bits per heavy atom. The molecule has 2 saturated heterocycles. The van der Waals surface area contributed by atoms with E-state index in [-0.39, 0.29) is 23.8 Å². The number of aliphatic carboxylic acids is 1. The minimum absolute atomic E-state index is 0.0787. The van der Waals surface area contributed by atoms with Crippen LogP contribution in [0.3, 0.4) is 0 Å². The molecule has 7 nitrogen and oxygen atoms in total. The van der Waals surface area contributed by atoms with Gasteiger partial charge in [-0.3, -0.25) is 4.79 Å². The van der Waals surface area contributed by atoms with Crippen LogP contribution in [-0.4, -0.2) is 46.1 Å². The van der Waals surface area contributed by atoms with Crippen LogP contribution in [-0.2, 0) is 28.7 Å². The molecular weight excluding hydrogens is 320 g/mol. The summed E-state index contributed by atoms with van der Waals surface area (Å²) in [6, 6.07) is 0. The number of ether oxygens (including phenoxy) is 2. The van der Waals surface area contributed by atoms with Gasteiger partial charge in [0.2, 0.25) is 0 Å². The summed E-state index contributed by atoms with van der Waals surface area (Å²) in [5.74, 6) is -3.79. The summed E-state index contributed by atoms with van der Waals surface area (Å²) < 4.78 is 9.54. The molecule has 0 saturated carbocycles.